The van der Waals surface area contributed by atoms with Crippen molar-refractivity contribution in [3.05, 3.63) is 53.6 Å². The number of benzene rings is 2. The molecule has 0 aliphatic rings. The summed E-state index contributed by atoms with van der Waals surface area (Å²) >= 11 is 0. The number of nitrogens with two attached hydrogens (primary N) is 1. The number of fused-ring (bicyclic) bond motifs is 1. The van der Waals surface area contributed by atoms with Crippen LogP contribution in [0.5, 0.6) is 0 Å². The lowest BCUT2D eigenvalue weighted by Crippen LogP contribution is -1.98. The van der Waals surface area contributed by atoms with Crippen LogP contribution in [0.25, 0.3) is 22.0 Å². The standard InChI is InChI=1S/C16H15N3/c1-10-7-8-12(11(2)9-10)15-13-5-3-4-6-14(13)16(17)19-18-15/h3-9H,1-2H3,(H2,17,19). The smallest absolute Gasteiger partial charge is 0.154 e. The topological polar surface area (TPSA) is 51.8 Å². The average Bonchev–Trinajstić information content (AvgIpc) is 2.41. The van der Waals surface area contributed by atoms with Gasteiger partial charge in [0, 0.05) is 16.3 Å². The van der Waals surface area contributed by atoms with E-state index in [-0.39, 0.29) is 0 Å². The van der Waals surface area contributed by atoms with Crippen molar-refractivity contribution >= 4 is 16.6 Å². The molecule has 3 heteroatoms. The van der Waals surface area contributed by atoms with Crippen LogP contribution < -0.4 is 5.73 Å². The fourth-order valence-corrected chi connectivity index (χ4v) is 2.40. The first-order valence-corrected chi connectivity index (χ1v) is 6.25. The van der Waals surface area contributed by atoms with Gasteiger partial charge in [0.15, 0.2) is 5.82 Å². The third-order valence-corrected chi connectivity index (χ3v) is 3.35. The van der Waals surface area contributed by atoms with Crippen LogP contribution in [0.3, 0.4) is 0 Å². The molecule has 0 amide bonds. The molecule has 3 nitrogen and oxygen atoms in total. The second-order valence-corrected chi connectivity index (χ2v) is 4.80. The lowest BCUT2D eigenvalue weighted by molar-refractivity contribution is 1.06. The summed E-state index contributed by atoms with van der Waals surface area (Å²) in [5.41, 5.74) is 10.3. The zero-order valence-corrected chi connectivity index (χ0v) is 11.0. The third kappa shape index (κ3) is 1.93. The fraction of sp³-hybridized carbons (Fsp3) is 0.125. The van der Waals surface area contributed by atoms with E-state index in [1.807, 2.05) is 24.3 Å². The molecule has 1 heterocycles. The zero-order chi connectivity index (χ0) is 13.4. The van der Waals surface area contributed by atoms with Crippen molar-refractivity contribution in [2.24, 2.45) is 0 Å². The molecule has 19 heavy (non-hydrogen) atoms. The molecule has 0 aliphatic carbocycles. The van der Waals surface area contributed by atoms with E-state index >= 15 is 0 Å². The number of rotatable bonds is 1. The van der Waals surface area contributed by atoms with Crippen LogP contribution in [0.15, 0.2) is 42.5 Å². The van der Waals surface area contributed by atoms with Crippen LogP contribution in [-0.4, -0.2) is 10.2 Å². The first kappa shape index (κ1) is 11.7. The van der Waals surface area contributed by atoms with Crippen LogP contribution in [0.4, 0.5) is 5.82 Å². The number of aryl methyl sites for hydroxylation is 2. The van der Waals surface area contributed by atoms with Crippen molar-refractivity contribution in [3.8, 4) is 11.3 Å². The molecule has 0 spiro atoms. The average molecular weight is 249 g/mol. The number of anilines is 1. The summed E-state index contributed by atoms with van der Waals surface area (Å²) in [6, 6.07) is 14.3. The SMILES string of the molecule is Cc1ccc(-c2nnc(N)c3ccccc23)c(C)c1. The molecule has 0 fully saturated rings. The van der Waals surface area contributed by atoms with Gasteiger partial charge in [0.2, 0.25) is 0 Å². The molecule has 94 valence electrons. The van der Waals surface area contributed by atoms with E-state index < -0.39 is 0 Å². The van der Waals surface area contributed by atoms with Gasteiger partial charge in [-0.05, 0) is 19.4 Å². The minimum atomic E-state index is 0.476. The van der Waals surface area contributed by atoms with Crippen LogP contribution in [0.2, 0.25) is 0 Å². The van der Waals surface area contributed by atoms with E-state index in [9.17, 15) is 0 Å². The Balaban J connectivity index is 2.34. The Kier molecular flexibility index (Phi) is 2.67. The second kappa shape index (κ2) is 4.35. The summed E-state index contributed by atoms with van der Waals surface area (Å²) in [7, 11) is 0. The summed E-state index contributed by atoms with van der Waals surface area (Å²) in [5, 5.41) is 10.4. The molecule has 0 saturated heterocycles. The highest BCUT2D eigenvalue weighted by molar-refractivity contribution is 5.99. The molecule has 0 saturated carbocycles. The molecule has 3 rings (SSSR count). The molecule has 3 aromatic rings. The van der Waals surface area contributed by atoms with Crippen LogP contribution >= 0.6 is 0 Å². The molecule has 2 aromatic carbocycles. The third-order valence-electron chi connectivity index (χ3n) is 3.35. The van der Waals surface area contributed by atoms with Crippen molar-refractivity contribution < 1.29 is 0 Å². The van der Waals surface area contributed by atoms with Gasteiger partial charge in [-0.15, -0.1) is 10.2 Å². The Labute approximate surface area is 112 Å². The number of hydrogen-bond donors (Lipinski definition) is 1. The van der Waals surface area contributed by atoms with Crippen molar-refractivity contribution in [1.29, 1.82) is 0 Å². The number of hydrogen-bond acceptors (Lipinski definition) is 3. The number of nitrogen functional groups attached to an aromatic ring is 1. The van der Waals surface area contributed by atoms with Gasteiger partial charge >= 0.3 is 0 Å². The van der Waals surface area contributed by atoms with E-state index in [0.29, 0.717) is 5.82 Å². The first-order valence-electron chi connectivity index (χ1n) is 6.25. The maximum atomic E-state index is 5.89. The second-order valence-electron chi connectivity index (χ2n) is 4.80. The Hall–Kier alpha value is -2.42. The van der Waals surface area contributed by atoms with Gasteiger partial charge in [-0.1, -0.05) is 48.0 Å². The van der Waals surface area contributed by atoms with E-state index in [4.69, 9.17) is 5.73 Å². The van der Waals surface area contributed by atoms with Crippen LogP contribution in [0.1, 0.15) is 11.1 Å². The zero-order valence-electron chi connectivity index (χ0n) is 11.0. The Morgan fingerprint density at radius 3 is 2.37 bits per heavy atom. The molecule has 0 atom stereocenters. The van der Waals surface area contributed by atoms with Gasteiger partial charge in [0.1, 0.15) is 5.69 Å². The Morgan fingerprint density at radius 1 is 0.895 bits per heavy atom. The molecule has 0 radical (unpaired) electrons. The summed E-state index contributed by atoms with van der Waals surface area (Å²) in [6.07, 6.45) is 0. The quantitative estimate of drug-likeness (QED) is 0.718. The molecule has 1 aromatic heterocycles. The first-order chi connectivity index (χ1) is 9.16. The maximum Gasteiger partial charge on any atom is 0.154 e. The lowest BCUT2D eigenvalue weighted by Gasteiger charge is -2.09. The van der Waals surface area contributed by atoms with Crippen molar-refractivity contribution in [2.45, 2.75) is 13.8 Å². The molecule has 0 unspecified atom stereocenters. The monoisotopic (exact) mass is 249 g/mol. The summed E-state index contributed by atoms with van der Waals surface area (Å²) in [4.78, 5) is 0. The van der Waals surface area contributed by atoms with Gasteiger partial charge < -0.3 is 5.73 Å². The van der Waals surface area contributed by atoms with Crippen LogP contribution in [-0.2, 0) is 0 Å². The lowest BCUT2D eigenvalue weighted by atomic mass is 9.99. The van der Waals surface area contributed by atoms with Gasteiger partial charge in [0.05, 0.1) is 0 Å². The predicted molar refractivity (Wildman–Crippen MR) is 78.9 cm³/mol. The highest BCUT2D eigenvalue weighted by Crippen LogP contribution is 2.30. The fourth-order valence-electron chi connectivity index (χ4n) is 2.40. The molecule has 0 bridgehead atoms. The summed E-state index contributed by atoms with van der Waals surface area (Å²) in [6.45, 7) is 4.18. The number of aromatic nitrogens is 2. The highest BCUT2D eigenvalue weighted by Gasteiger charge is 2.10. The van der Waals surface area contributed by atoms with Crippen molar-refractivity contribution in [2.75, 3.05) is 5.73 Å². The minimum Gasteiger partial charge on any atom is -0.382 e. The minimum absolute atomic E-state index is 0.476. The maximum absolute atomic E-state index is 5.89. The Morgan fingerprint density at radius 2 is 1.63 bits per heavy atom. The van der Waals surface area contributed by atoms with Crippen molar-refractivity contribution in [1.82, 2.24) is 10.2 Å². The largest absolute Gasteiger partial charge is 0.382 e. The normalized spacial score (nSPS) is 10.8. The van der Waals surface area contributed by atoms with Crippen LogP contribution in [0, 0.1) is 13.8 Å². The Bertz CT molecular complexity index is 763. The summed E-state index contributed by atoms with van der Waals surface area (Å²) in [5.74, 6) is 0.476. The molecule has 2 N–H and O–H groups in total. The van der Waals surface area contributed by atoms with Gasteiger partial charge in [-0.3, -0.25) is 0 Å². The summed E-state index contributed by atoms with van der Waals surface area (Å²) < 4.78 is 0. The van der Waals surface area contributed by atoms with E-state index in [1.165, 1.54) is 11.1 Å². The number of nitrogens with zero attached hydrogens (tertiary/aromatic N) is 2. The molecule has 0 aliphatic heterocycles. The predicted octanol–water partition coefficient (Wildman–Crippen LogP) is 3.50. The molecular weight excluding hydrogens is 234 g/mol. The van der Waals surface area contributed by atoms with Gasteiger partial charge in [-0.25, -0.2) is 0 Å². The highest BCUT2D eigenvalue weighted by atomic mass is 15.1. The van der Waals surface area contributed by atoms with Crippen molar-refractivity contribution in [3.63, 3.8) is 0 Å². The van der Waals surface area contributed by atoms with E-state index in [0.717, 1.165) is 22.0 Å². The van der Waals surface area contributed by atoms with Gasteiger partial charge in [0.25, 0.3) is 0 Å². The van der Waals surface area contributed by atoms with E-state index in [2.05, 4.69) is 42.2 Å². The van der Waals surface area contributed by atoms with E-state index in [1.54, 1.807) is 0 Å². The van der Waals surface area contributed by atoms with Gasteiger partial charge in [-0.2, -0.15) is 0 Å². The molecular formula is C16H15N3.